The lowest BCUT2D eigenvalue weighted by Crippen LogP contribution is -2.27. The highest BCUT2D eigenvalue weighted by Crippen LogP contribution is 2.03. The predicted octanol–water partition coefficient (Wildman–Crippen LogP) is 1.47. The van der Waals surface area contributed by atoms with E-state index in [1.165, 1.54) is 0 Å². The second-order valence-electron chi connectivity index (χ2n) is 3.48. The second-order valence-corrected chi connectivity index (χ2v) is 4.33. The Morgan fingerprint density at radius 1 is 1.64 bits per heavy atom. The molecule has 1 heterocycles. The normalized spacial score (nSPS) is 12.8. The molecule has 78 valence electrons. The van der Waals surface area contributed by atoms with Gasteiger partial charge in [-0.1, -0.05) is 6.92 Å². The molecule has 4 heteroatoms. The fourth-order valence-corrected chi connectivity index (χ4v) is 1.78. The van der Waals surface area contributed by atoms with Crippen molar-refractivity contribution in [2.45, 2.75) is 13.5 Å². The van der Waals surface area contributed by atoms with E-state index in [1.807, 2.05) is 19.3 Å². The predicted molar refractivity (Wildman–Crippen MR) is 61.5 cm³/mol. The molecule has 3 nitrogen and oxygen atoms in total. The molecule has 0 saturated carbocycles. The van der Waals surface area contributed by atoms with Gasteiger partial charge in [-0.15, -0.1) is 0 Å². The van der Waals surface area contributed by atoms with Crippen molar-refractivity contribution >= 4 is 15.9 Å². The van der Waals surface area contributed by atoms with Gasteiger partial charge >= 0.3 is 0 Å². The van der Waals surface area contributed by atoms with Gasteiger partial charge in [0.2, 0.25) is 0 Å². The van der Waals surface area contributed by atoms with E-state index in [2.05, 4.69) is 28.2 Å². The Labute approximate surface area is 92.3 Å². The number of aromatic nitrogens is 1. The van der Waals surface area contributed by atoms with Crippen LogP contribution in [0.2, 0.25) is 0 Å². The molecule has 1 N–H and O–H groups in total. The lowest BCUT2D eigenvalue weighted by Gasteiger charge is -2.12. The molecule has 0 bridgehead atoms. The maximum absolute atomic E-state index is 11.6. The highest BCUT2D eigenvalue weighted by Gasteiger charge is 2.04. The largest absolute Gasteiger partial charge is 0.319 e. The third kappa shape index (κ3) is 2.96. The second kappa shape index (κ2) is 5.32. The highest BCUT2D eigenvalue weighted by atomic mass is 79.9. The van der Waals surface area contributed by atoms with Gasteiger partial charge in [0.15, 0.2) is 0 Å². The zero-order valence-electron chi connectivity index (χ0n) is 8.46. The van der Waals surface area contributed by atoms with Crippen molar-refractivity contribution in [3.8, 4) is 0 Å². The summed E-state index contributed by atoms with van der Waals surface area (Å²) < 4.78 is 2.35. The molecule has 0 fully saturated rings. The minimum atomic E-state index is 0.0375. The van der Waals surface area contributed by atoms with E-state index >= 15 is 0 Å². The Kier molecular flexibility index (Phi) is 4.35. The molecule has 0 aliphatic heterocycles. The van der Waals surface area contributed by atoms with E-state index in [0.29, 0.717) is 10.4 Å². The van der Waals surface area contributed by atoms with Gasteiger partial charge in [0.05, 0.1) is 4.47 Å². The topological polar surface area (TPSA) is 34.0 Å². The Balaban J connectivity index is 2.77. The van der Waals surface area contributed by atoms with Gasteiger partial charge in [-0.3, -0.25) is 4.79 Å². The average molecular weight is 259 g/mol. The molecule has 1 atom stereocenters. The van der Waals surface area contributed by atoms with Gasteiger partial charge in [0.25, 0.3) is 5.56 Å². The summed E-state index contributed by atoms with van der Waals surface area (Å²) in [5, 5.41) is 3.09. The van der Waals surface area contributed by atoms with E-state index in [9.17, 15) is 4.79 Å². The lowest BCUT2D eigenvalue weighted by atomic mass is 10.2. The molecule has 1 aromatic rings. The fourth-order valence-electron chi connectivity index (χ4n) is 1.40. The summed E-state index contributed by atoms with van der Waals surface area (Å²) >= 11 is 3.23. The van der Waals surface area contributed by atoms with Crippen LogP contribution in [-0.2, 0) is 6.54 Å². The van der Waals surface area contributed by atoms with E-state index in [4.69, 9.17) is 0 Å². The van der Waals surface area contributed by atoms with Crippen LogP contribution >= 0.6 is 15.9 Å². The summed E-state index contributed by atoms with van der Waals surface area (Å²) in [5.41, 5.74) is 0.0375. The quantitative estimate of drug-likeness (QED) is 0.888. The molecule has 14 heavy (non-hydrogen) atoms. The number of hydrogen-bond acceptors (Lipinski definition) is 2. The highest BCUT2D eigenvalue weighted by molar-refractivity contribution is 9.10. The Bertz CT molecular complexity index is 348. The Morgan fingerprint density at radius 2 is 2.36 bits per heavy atom. The van der Waals surface area contributed by atoms with Crippen LogP contribution in [0.1, 0.15) is 6.92 Å². The Morgan fingerprint density at radius 3 is 3.00 bits per heavy atom. The molecule has 0 aliphatic rings. The zero-order chi connectivity index (χ0) is 10.6. The van der Waals surface area contributed by atoms with Gasteiger partial charge in [-0.25, -0.2) is 0 Å². The molecule has 1 aromatic heterocycles. The standard InChI is InChI=1S/C10H15BrN2O/c1-8(6-12-2)7-13-5-3-4-9(11)10(13)14/h3-5,8,12H,6-7H2,1-2H3. The number of halogens is 1. The van der Waals surface area contributed by atoms with Gasteiger partial charge < -0.3 is 9.88 Å². The SMILES string of the molecule is CNCC(C)Cn1cccc(Br)c1=O. The average Bonchev–Trinajstić information content (AvgIpc) is 2.13. The summed E-state index contributed by atoms with van der Waals surface area (Å²) in [7, 11) is 1.92. The third-order valence-corrected chi connectivity index (χ3v) is 2.64. The zero-order valence-corrected chi connectivity index (χ0v) is 10.0. The van der Waals surface area contributed by atoms with Crippen LogP contribution in [0.5, 0.6) is 0 Å². The van der Waals surface area contributed by atoms with Crippen molar-refractivity contribution in [2.24, 2.45) is 5.92 Å². The van der Waals surface area contributed by atoms with Crippen molar-refractivity contribution in [2.75, 3.05) is 13.6 Å². The number of rotatable bonds is 4. The monoisotopic (exact) mass is 258 g/mol. The van der Waals surface area contributed by atoms with Crippen molar-refractivity contribution < 1.29 is 0 Å². The maximum Gasteiger partial charge on any atom is 0.264 e. The van der Waals surface area contributed by atoms with Gasteiger partial charge in [-0.05, 0) is 47.6 Å². The number of nitrogens with one attached hydrogen (secondary N) is 1. The van der Waals surface area contributed by atoms with Crippen LogP contribution < -0.4 is 10.9 Å². The first-order chi connectivity index (χ1) is 6.65. The van der Waals surface area contributed by atoms with Crippen molar-refractivity contribution in [3.63, 3.8) is 0 Å². The fraction of sp³-hybridized carbons (Fsp3) is 0.500. The lowest BCUT2D eigenvalue weighted by molar-refractivity contribution is 0.454. The molecule has 0 spiro atoms. The third-order valence-electron chi connectivity index (χ3n) is 2.03. The smallest absolute Gasteiger partial charge is 0.264 e. The van der Waals surface area contributed by atoms with Crippen LogP contribution in [0, 0.1) is 5.92 Å². The van der Waals surface area contributed by atoms with E-state index in [0.717, 1.165) is 13.1 Å². The van der Waals surface area contributed by atoms with Crippen molar-refractivity contribution in [1.82, 2.24) is 9.88 Å². The number of hydrogen-bond donors (Lipinski definition) is 1. The molecular weight excluding hydrogens is 244 g/mol. The van der Waals surface area contributed by atoms with Crippen LogP contribution in [-0.4, -0.2) is 18.2 Å². The van der Waals surface area contributed by atoms with E-state index in [-0.39, 0.29) is 5.56 Å². The molecule has 1 unspecified atom stereocenters. The molecule has 0 amide bonds. The number of nitrogens with zero attached hydrogens (tertiary/aromatic N) is 1. The molecule has 0 aromatic carbocycles. The summed E-state index contributed by atoms with van der Waals surface area (Å²) in [6.07, 6.45) is 1.82. The van der Waals surface area contributed by atoms with Crippen molar-refractivity contribution in [1.29, 1.82) is 0 Å². The van der Waals surface area contributed by atoms with E-state index < -0.39 is 0 Å². The van der Waals surface area contributed by atoms with E-state index in [1.54, 1.807) is 10.6 Å². The molecular formula is C10H15BrN2O. The molecule has 0 aliphatic carbocycles. The summed E-state index contributed by atoms with van der Waals surface area (Å²) in [6.45, 7) is 3.78. The minimum absolute atomic E-state index is 0.0375. The first-order valence-corrected chi connectivity index (χ1v) is 5.44. The van der Waals surface area contributed by atoms with Gasteiger partial charge in [-0.2, -0.15) is 0 Å². The van der Waals surface area contributed by atoms with Crippen LogP contribution in [0.25, 0.3) is 0 Å². The molecule has 0 saturated heterocycles. The first-order valence-electron chi connectivity index (χ1n) is 4.64. The summed E-state index contributed by atoms with van der Waals surface area (Å²) in [5.74, 6) is 0.451. The van der Waals surface area contributed by atoms with Gasteiger partial charge in [0, 0.05) is 12.7 Å². The molecule has 0 radical (unpaired) electrons. The van der Waals surface area contributed by atoms with Crippen LogP contribution in [0.4, 0.5) is 0 Å². The summed E-state index contributed by atoms with van der Waals surface area (Å²) in [6, 6.07) is 3.64. The number of pyridine rings is 1. The Hall–Kier alpha value is -0.610. The first kappa shape index (κ1) is 11.5. The van der Waals surface area contributed by atoms with Crippen molar-refractivity contribution in [3.05, 3.63) is 33.2 Å². The van der Waals surface area contributed by atoms with Crippen LogP contribution in [0.3, 0.4) is 0 Å². The minimum Gasteiger partial charge on any atom is -0.319 e. The summed E-state index contributed by atoms with van der Waals surface area (Å²) in [4.78, 5) is 11.6. The maximum atomic E-state index is 11.6. The van der Waals surface area contributed by atoms with Gasteiger partial charge in [0.1, 0.15) is 0 Å². The van der Waals surface area contributed by atoms with Crippen LogP contribution in [0.15, 0.2) is 27.6 Å². The molecule has 1 rings (SSSR count).